The molecule has 2 N–H and O–H groups in total. The third-order valence-electron chi connectivity index (χ3n) is 5.00. The summed E-state index contributed by atoms with van der Waals surface area (Å²) in [5.41, 5.74) is 0.994. The lowest BCUT2D eigenvalue weighted by molar-refractivity contribution is -0.156. The van der Waals surface area contributed by atoms with Crippen molar-refractivity contribution in [1.82, 2.24) is 19.9 Å². The lowest BCUT2D eigenvalue weighted by Gasteiger charge is -2.26. The number of aromatic nitrogens is 4. The number of nitrogens with zero attached hydrogens (tertiary/aromatic N) is 2. The van der Waals surface area contributed by atoms with E-state index in [-0.39, 0.29) is 60.2 Å². The van der Waals surface area contributed by atoms with E-state index in [9.17, 15) is 19.2 Å². The molecule has 0 bridgehead atoms. The summed E-state index contributed by atoms with van der Waals surface area (Å²) >= 11 is 0. The number of carbonyl (C=O) groups is 4. The maximum atomic E-state index is 12.4. The third-order valence-corrected chi connectivity index (χ3v) is 5.00. The van der Waals surface area contributed by atoms with Crippen LogP contribution in [0, 0.1) is 11.8 Å². The second-order valence-corrected chi connectivity index (χ2v) is 7.39. The van der Waals surface area contributed by atoms with Gasteiger partial charge in [-0.15, -0.1) is 0 Å². The van der Waals surface area contributed by atoms with E-state index in [0.717, 1.165) is 6.42 Å². The van der Waals surface area contributed by atoms with Gasteiger partial charge in [-0.25, -0.2) is 9.97 Å². The highest BCUT2D eigenvalue weighted by Gasteiger charge is 2.33. The van der Waals surface area contributed by atoms with Gasteiger partial charge < -0.3 is 19.4 Å². The molecule has 160 valence electrons. The quantitative estimate of drug-likeness (QED) is 0.492. The van der Waals surface area contributed by atoms with Crippen molar-refractivity contribution < 1.29 is 28.7 Å². The number of H-pyrrole nitrogens is 2. The van der Waals surface area contributed by atoms with Crippen molar-refractivity contribution in [3.05, 3.63) is 35.4 Å². The molecule has 1 aliphatic rings. The second kappa shape index (κ2) is 9.47. The summed E-state index contributed by atoms with van der Waals surface area (Å²) < 4.78 is 10.6. The molecule has 1 aliphatic carbocycles. The number of rotatable bonds is 8. The number of aromatic amines is 2. The fourth-order valence-corrected chi connectivity index (χ4v) is 3.37. The predicted octanol–water partition coefficient (Wildman–Crippen LogP) is 2.13. The molecule has 0 aliphatic heterocycles. The molecule has 0 spiro atoms. The van der Waals surface area contributed by atoms with Crippen LogP contribution in [-0.4, -0.2) is 43.4 Å². The first-order valence-electron chi connectivity index (χ1n) is 9.76. The molecule has 0 aromatic carbocycles. The molecule has 2 heterocycles. The third kappa shape index (κ3) is 5.40. The highest BCUT2D eigenvalue weighted by molar-refractivity contribution is 5.90. The minimum absolute atomic E-state index is 0.0115. The summed E-state index contributed by atoms with van der Waals surface area (Å²) in [6, 6.07) is 0. The maximum Gasteiger partial charge on any atom is 0.309 e. The van der Waals surface area contributed by atoms with E-state index in [1.807, 2.05) is 0 Å². The Bertz CT molecular complexity index is 873. The summed E-state index contributed by atoms with van der Waals surface area (Å²) in [5, 5.41) is 0. The van der Waals surface area contributed by atoms with Crippen LogP contribution in [0.25, 0.3) is 0 Å². The Kier molecular flexibility index (Phi) is 6.76. The predicted molar refractivity (Wildman–Crippen MR) is 102 cm³/mol. The van der Waals surface area contributed by atoms with E-state index in [0.29, 0.717) is 30.7 Å². The van der Waals surface area contributed by atoms with E-state index in [1.54, 1.807) is 0 Å². The maximum absolute atomic E-state index is 12.4. The SMILES string of the molecule is CC(=O)c1nc(COC(=O)C2CCCC(C(=O)OCc3cnc(C(C)=O)[nH]3)C2)c[nH]1. The summed E-state index contributed by atoms with van der Waals surface area (Å²) in [6.45, 7) is 2.74. The Morgan fingerprint density at radius 1 is 1.00 bits per heavy atom. The van der Waals surface area contributed by atoms with Crippen LogP contribution < -0.4 is 0 Å². The largest absolute Gasteiger partial charge is 0.459 e. The average molecular weight is 416 g/mol. The van der Waals surface area contributed by atoms with Gasteiger partial charge in [-0.2, -0.15) is 0 Å². The summed E-state index contributed by atoms with van der Waals surface area (Å²) in [6.07, 6.45) is 5.35. The van der Waals surface area contributed by atoms with Crippen molar-refractivity contribution in [3.63, 3.8) is 0 Å². The van der Waals surface area contributed by atoms with Gasteiger partial charge in [-0.3, -0.25) is 19.2 Å². The normalized spacial score (nSPS) is 18.6. The zero-order valence-corrected chi connectivity index (χ0v) is 16.9. The molecular weight excluding hydrogens is 392 g/mol. The zero-order chi connectivity index (χ0) is 21.7. The number of carbonyl (C=O) groups excluding carboxylic acids is 4. The molecule has 3 rings (SSSR count). The molecule has 10 heteroatoms. The van der Waals surface area contributed by atoms with Gasteiger partial charge in [0.25, 0.3) is 0 Å². The molecule has 2 atom stereocenters. The number of Topliss-reactive ketones (excluding diaryl/α,β-unsaturated/α-hetero) is 2. The van der Waals surface area contributed by atoms with Crippen molar-refractivity contribution >= 4 is 23.5 Å². The Balaban J connectivity index is 1.47. The number of hydrogen-bond donors (Lipinski definition) is 2. The molecule has 0 radical (unpaired) electrons. The van der Waals surface area contributed by atoms with Gasteiger partial charge in [-0.1, -0.05) is 6.42 Å². The highest BCUT2D eigenvalue weighted by Crippen LogP contribution is 2.31. The Morgan fingerprint density at radius 3 is 2.20 bits per heavy atom. The zero-order valence-electron chi connectivity index (χ0n) is 16.9. The second-order valence-electron chi connectivity index (χ2n) is 7.39. The van der Waals surface area contributed by atoms with Crippen LogP contribution >= 0.6 is 0 Å². The van der Waals surface area contributed by atoms with Crippen LogP contribution in [0.2, 0.25) is 0 Å². The first-order chi connectivity index (χ1) is 14.3. The molecule has 0 amide bonds. The van der Waals surface area contributed by atoms with Crippen LogP contribution in [0.15, 0.2) is 12.4 Å². The lowest BCUT2D eigenvalue weighted by Crippen LogP contribution is -2.29. The van der Waals surface area contributed by atoms with Gasteiger partial charge >= 0.3 is 11.9 Å². The van der Waals surface area contributed by atoms with E-state index in [2.05, 4.69) is 19.9 Å². The lowest BCUT2D eigenvalue weighted by atomic mass is 9.81. The summed E-state index contributed by atoms with van der Waals surface area (Å²) in [7, 11) is 0. The molecular formula is C20H24N4O6. The van der Waals surface area contributed by atoms with Crippen LogP contribution in [0.1, 0.15) is 72.2 Å². The summed E-state index contributed by atoms with van der Waals surface area (Å²) in [4.78, 5) is 60.8. The number of imidazole rings is 2. The number of nitrogens with one attached hydrogen (secondary N) is 2. The molecule has 1 fully saturated rings. The first-order valence-corrected chi connectivity index (χ1v) is 9.76. The van der Waals surface area contributed by atoms with E-state index in [1.165, 1.54) is 26.2 Å². The van der Waals surface area contributed by atoms with Crippen LogP contribution in [-0.2, 0) is 32.3 Å². The van der Waals surface area contributed by atoms with Crippen LogP contribution in [0.4, 0.5) is 0 Å². The van der Waals surface area contributed by atoms with Gasteiger partial charge in [0, 0.05) is 20.0 Å². The van der Waals surface area contributed by atoms with Gasteiger partial charge in [0.15, 0.2) is 23.2 Å². The van der Waals surface area contributed by atoms with Gasteiger partial charge in [-0.05, 0) is 19.3 Å². The Labute approximate surface area is 172 Å². The van der Waals surface area contributed by atoms with Crippen molar-refractivity contribution in [2.45, 2.75) is 52.7 Å². The van der Waals surface area contributed by atoms with E-state index < -0.39 is 0 Å². The number of hydrogen-bond acceptors (Lipinski definition) is 8. The Hall–Kier alpha value is -3.30. The molecule has 30 heavy (non-hydrogen) atoms. The smallest absolute Gasteiger partial charge is 0.309 e. The standard InChI is InChI=1S/C20H24N4O6/c1-11(25)17-21-7-15(23-17)9-29-19(27)13-4-3-5-14(6-13)20(28)30-10-16-8-22-18(24-16)12(2)26/h7-8,13-14H,3-6,9-10H2,1-2H3,(H,21,23)(H,22,24). The fourth-order valence-electron chi connectivity index (χ4n) is 3.37. The van der Waals surface area contributed by atoms with Crippen molar-refractivity contribution in [1.29, 1.82) is 0 Å². The molecule has 2 unspecified atom stereocenters. The van der Waals surface area contributed by atoms with Crippen molar-refractivity contribution in [2.75, 3.05) is 0 Å². The molecule has 2 aromatic heterocycles. The number of ketones is 2. The van der Waals surface area contributed by atoms with E-state index >= 15 is 0 Å². The molecule has 10 nitrogen and oxygen atoms in total. The van der Waals surface area contributed by atoms with Crippen LogP contribution in [0.3, 0.4) is 0 Å². The number of ether oxygens (including phenoxy) is 2. The Morgan fingerprint density at radius 2 is 1.63 bits per heavy atom. The van der Waals surface area contributed by atoms with Crippen LogP contribution in [0.5, 0.6) is 0 Å². The van der Waals surface area contributed by atoms with Gasteiger partial charge in [0.2, 0.25) is 0 Å². The summed E-state index contributed by atoms with van der Waals surface area (Å²) in [5.74, 6) is -1.52. The van der Waals surface area contributed by atoms with Crippen molar-refractivity contribution in [2.24, 2.45) is 11.8 Å². The topological polar surface area (TPSA) is 144 Å². The van der Waals surface area contributed by atoms with Gasteiger partial charge in [0.1, 0.15) is 13.2 Å². The molecule has 0 saturated heterocycles. The highest BCUT2D eigenvalue weighted by atomic mass is 16.5. The number of esters is 2. The molecule has 1 saturated carbocycles. The van der Waals surface area contributed by atoms with Crippen molar-refractivity contribution in [3.8, 4) is 0 Å². The first kappa shape index (κ1) is 21.4. The minimum atomic E-state index is -0.390. The monoisotopic (exact) mass is 416 g/mol. The van der Waals surface area contributed by atoms with Gasteiger partial charge in [0.05, 0.1) is 29.4 Å². The minimum Gasteiger partial charge on any atom is -0.459 e. The average Bonchev–Trinajstić information content (AvgIpc) is 3.40. The molecule has 2 aromatic rings. The van der Waals surface area contributed by atoms with E-state index in [4.69, 9.17) is 9.47 Å². The fraction of sp³-hybridized carbons (Fsp3) is 0.500.